The van der Waals surface area contributed by atoms with Crippen molar-refractivity contribution in [2.75, 3.05) is 18.0 Å². The van der Waals surface area contributed by atoms with Gasteiger partial charge in [0.25, 0.3) is 0 Å². The molecular weight excluding hydrogens is 222 g/mol. The summed E-state index contributed by atoms with van der Waals surface area (Å²) in [5.41, 5.74) is 5.66. The molecule has 1 aromatic rings. The topological polar surface area (TPSA) is 90.2 Å². The Labute approximate surface area is 99.4 Å². The van der Waals surface area contributed by atoms with Crippen molar-refractivity contribution >= 4 is 11.6 Å². The van der Waals surface area contributed by atoms with Gasteiger partial charge in [-0.3, -0.25) is 4.57 Å². The third-order valence-electron chi connectivity index (χ3n) is 3.33. The fourth-order valence-electron chi connectivity index (χ4n) is 2.48. The second kappa shape index (κ2) is 4.33. The highest BCUT2D eigenvalue weighted by atomic mass is 16.6. The molecule has 0 spiro atoms. The number of aromatic nitrogens is 2. The lowest BCUT2D eigenvalue weighted by molar-refractivity contribution is -0.388. The summed E-state index contributed by atoms with van der Waals surface area (Å²) in [6.45, 7) is 3.44. The van der Waals surface area contributed by atoms with E-state index >= 15 is 0 Å². The van der Waals surface area contributed by atoms with Crippen molar-refractivity contribution < 1.29 is 4.92 Å². The summed E-state index contributed by atoms with van der Waals surface area (Å²) >= 11 is 0. The van der Waals surface area contributed by atoms with Gasteiger partial charge in [-0.1, -0.05) is 0 Å². The van der Waals surface area contributed by atoms with Gasteiger partial charge in [-0.2, -0.15) is 0 Å². The quantitative estimate of drug-likeness (QED) is 0.612. The monoisotopic (exact) mass is 239 g/mol. The molecule has 1 aromatic heterocycles. The zero-order valence-corrected chi connectivity index (χ0v) is 10.0. The number of nitro groups is 1. The van der Waals surface area contributed by atoms with E-state index in [0.717, 1.165) is 13.0 Å². The Balaban J connectivity index is 2.34. The normalized spacial score (nSPS) is 24.3. The number of aryl methyl sites for hydroxylation is 1. The Morgan fingerprint density at radius 1 is 1.71 bits per heavy atom. The summed E-state index contributed by atoms with van der Waals surface area (Å²) in [5, 5.41) is 10.9. The van der Waals surface area contributed by atoms with Crippen LogP contribution >= 0.6 is 0 Å². The van der Waals surface area contributed by atoms with Crippen LogP contribution in [0.25, 0.3) is 0 Å². The lowest BCUT2D eigenvalue weighted by atomic mass is 10.1. The van der Waals surface area contributed by atoms with Crippen LogP contribution in [0.2, 0.25) is 0 Å². The highest BCUT2D eigenvalue weighted by Crippen LogP contribution is 2.33. The van der Waals surface area contributed by atoms with Crippen LogP contribution in [-0.4, -0.2) is 33.6 Å². The lowest BCUT2D eigenvalue weighted by Crippen LogP contribution is -2.29. The van der Waals surface area contributed by atoms with Crippen LogP contribution in [0, 0.1) is 16.0 Å². The number of hydrogen-bond acceptors (Lipinski definition) is 5. The molecule has 94 valence electrons. The van der Waals surface area contributed by atoms with E-state index in [1.54, 1.807) is 11.6 Å². The molecular formula is C10H17N5O2. The summed E-state index contributed by atoms with van der Waals surface area (Å²) in [6.07, 6.45) is 2.45. The summed E-state index contributed by atoms with van der Waals surface area (Å²) in [7, 11) is 1.78. The van der Waals surface area contributed by atoms with Crippen molar-refractivity contribution in [3.63, 3.8) is 0 Å². The van der Waals surface area contributed by atoms with Crippen LogP contribution in [0.5, 0.6) is 0 Å². The molecule has 0 aliphatic carbocycles. The van der Waals surface area contributed by atoms with E-state index in [1.165, 1.54) is 6.33 Å². The predicted octanol–water partition coefficient (Wildman–Crippen LogP) is 0.502. The molecule has 2 atom stereocenters. The minimum atomic E-state index is -0.433. The largest absolute Gasteiger partial charge is 0.406 e. The zero-order chi connectivity index (χ0) is 12.6. The van der Waals surface area contributed by atoms with Crippen LogP contribution < -0.4 is 10.6 Å². The van der Waals surface area contributed by atoms with E-state index in [-0.39, 0.29) is 11.9 Å². The second-order valence-electron chi connectivity index (χ2n) is 4.60. The van der Waals surface area contributed by atoms with E-state index < -0.39 is 4.92 Å². The molecule has 2 N–H and O–H groups in total. The first-order valence-electron chi connectivity index (χ1n) is 5.67. The fourth-order valence-corrected chi connectivity index (χ4v) is 2.48. The number of hydrogen-bond donors (Lipinski definition) is 1. The predicted molar refractivity (Wildman–Crippen MR) is 63.8 cm³/mol. The van der Waals surface area contributed by atoms with Gasteiger partial charge in [-0.25, -0.2) is 0 Å². The molecule has 1 aliphatic rings. The maximum atomic E-state index is 10.9. The number of anilines is 1. The Bertz CT molecular complexity index is 430. The molecule has 0 bridgehead atoms. The SMILES string of the molecule is CC1CC(CN)CN1c1c([N+](=O)[O-])ncn1C. The Morgan fingerprint density at radius 2 is 2.41 bits per heavy atom. The fraction of sp³-hybridized carbons (Fsp3) is 0.700. The maximum Gasteiger partial charge on any atom is 0.406 e. The van der Waals surface area contributed by atoms with E-state index in [4.69, 9.17) is 5.73 Å². The van der Waals surface area contributed by atoms with Crippen LogP contribution in [-0.2, 0) is 7.05 Å². The second-order valence-corrected chi connectivity index (χ2v) is 4.60. The minimum absolute atomic E-state index is 0.0722. The van der Waals surface area contributed by atoms with E-state index in [0.29, 0.717) is 18.3 Å². The van der Waals surface area contributed by atoms with Crippen LogP contribution in [0.15, 0.2) is 6.33 Å². The zero-order valence-electron chi connectivity index (χ0n) is 10.0. The van der Waals surface area contributed by atoms with Crippen LogP contribution in [0.4, 0.5) is 11.6 Å². The van der Waals surface area contributed by atoms with E-state index in [1.807, 2.05) is 4.90 Å². The molecule has 1 fully saturated rings. The first kappa shape index (κ1) is 11.8. The third-order valence-corrected chi connectivity index (χ3v) is 3.33. The first-order chi connectivity index (χ1) is 8.04. The number of nitrogens with zero attached hydrogens (tertiary/aromatic N) is 4. The molecule has 2 unspecified atom stereocenters. The van der Waals surface area contributed by atoms with Crippen LogP contribution in [0.3, 0.4) is 0 Å². The molecule has 17 heavy (non-hydrogen) atoms. The van der Waals surface area contributed by atoms with Gasteiger partial charge in [0.05, 0.1) is 0 Å². The van der Waals surface area contributed by atoms with E-state index in [2.05, 4.69) is 11.9 Å². The molecule has 2 heterocycles. The smallest absolute Gasteiger partial charge is 0.358 e. The Morgan fingerprint density at radius 3 is 2.94 bits per heavy atom. The van der Waals surface area contributed by atoms with Gasteiger partial charge in [0, 0.05) is 19.6 Å². The van der Waals surface area contributed by atoms with Gasteiger partial charge in [0.15, 0.2) is 0 Å². The number of imidazole rings is 1. The van der Waals surface area contributed by atoms with Gasteiger partial charge >= 0.3 is 5.82 Å². The number of rotatable bonds is 3. The van der Waals surface area contributed by atoms with Crippen molar-refractivity contribution in [3.05, 3.63) is 16.4 Å². The molecule has 1 aliphatic heterocycles. The Hall–Kier alpha value is -1.63. The van der Waals surface area contributed by atoms with Crippen LogP contribution in [0.1, 0.15) is 13.3 Å². The summed E-state index contributed by atoms with van der Waals surface area (Å²) in [5.74, 6) is 0.912. The van der Waals surface area contributed by atoms with Crippen molar-refractivity contribution in [2.45, 2.75) is 19.4 Å². The summed E-state index contributed by atoms with van der Waals surface area (Å²) < 4.78 is 1.70. The standard InChI is InChI=1S/C10H17N5O2/c1-7-3-8(4-11)5-14(7)10-9(15(16)17)12-6-13(10)2/h6-8H,3-5,11H2,1-2H3. The number of nitrogens with two attached hydrogens (primary N) is 1. The molecule has 0 amide bonds. The van der Waals surface area contributed by atoms with Crippen molar-refractivity contribution in [1.29, 1.82) is 0 Å². The molecule has 7 heteroatoms. The summed E-state index contributed by atoms with van der Waals surface area (Å²) in [6, 6.07) is 0.262. The molecule has 1 saturated heterocycles. The van der Waals surface area contributed by atoms with Crippen molar-refractivity contribution in [1.82, 2.24) is 9.55 Å². The average molecular weight is 239 g/mol. The molecule has 2 rings (SSSR count). The summed E-state index contributed by atoms with van der Waals surface area (Å²) in [4.78, 5) is 16.4. The highest BCUT2D eigenvalue weighted by Gasteiger charge is 2.35. The average Bonchev–Trinajstić information content (AvgIpc) is 2.81. The van der Waals surface area contributed by atoms with Crippen molar-refractivity contribution in [3.8, 4) is 0 Å². The van der Waals surface area contributed by atoms with Gasteiger partial charge < -0.3 is 20.7 Å². The minimum Gasteiger partial charge on any atom is -0.358 e. The molecule has 0 radical (unpaired) electrons. The maximum absolute atomic E-state index is 10.9. The van der Waals surface area contributed by atoms with Gasteiger partial charge in [-0.05, 0) is 35.7 Å². The molecule has 0 saturated carbocycles. The van der Waals surface area contributed by atoms with Crippen molar-refractivity contribution in [2.24, 2.45) is 18.7 Å². The van der Waals surface area contributed by atoms with Gasteiger partial charge in [0.2, 0.25) is 12.1 Å². The third kappa shape index (κ3) is 1.97. The molecule has 0 aromatic carbocycles. The van der Waals surface area contributed by atoms with Gasteiger partial charge in [-0.15, -0.1) is 0 Å². The van der Waals surface area contributed by atoms with Gasteiger partial charge in [0.1, 0.15) is 0 Å². The molecule has 7 nitrogen and oxygen atoms in total. The Kier molecular flexibility index (Phi) is 3.01. The highest BCUT2D eigenvalue weighted by molar-refractivity contribution is 5.56. The lowest BCUT2D eigenvalue weighted by Gasteiger charge is -2.22. The van der Waals surface area contributed by atoms with E-state index in [9.17, 15) is 10.1 Å². The first-order valence-corrected chi connectivity index (χ1v) is 5.67.